The Hall–Kier alpha value is -2.09. The molecule has 0 fully saturated rings. The predicted molar refractivity (Wildman–Crippen MR) is 82.2 cm³/mol. The van der Waals surface area contributed by atoms with Crippen molar-refractivity contribution >= 4 is 22.9 Å². The molecule has 0 saturated heterocycles. The van der Waals surface area contributed by atoms with Gasteiger partial charge in [-0.25, -0.2) is 0 Å². The van der Waals surface area contributed by atoms with E-state index < -0.39 is 0 Å². The highest BCUT2D eigenvalue weighted by Gasteiger charge is 2.10. The maximum absolute atomic E-state index is 12.2. The number of thiophene rings is 1. The minimum Gasteiger partial charge on any atom is -0.384 e. The van der Waals surface area contributed by atoms with E-state index in [4.69, 9.17) is 5.11 Å². The fourth-order valence-corrected chi connectivity index (χ4v) is 2.48. The summed E-state index contributed by atoms with van der Waals surface area (Å²) in [5.41, 5.74) is 2.96. The number of carbonyl (C=O) groups is 1. The van der Waals surface area contributed by atoms with Crippen molar-refractivity contribution in [2.24, 2.45) is 0 Å². The lowest BCUT2D eigenvalue weighted by molar-refractivity contribution is 0.103. The van der Waals surface area contributed by atoms with Crippen LogP contribution in [0.1, 0.15) is 25.7 Å². The first-order valence-corrected chi connectivity index (χ1v) is 7.00. The van der Waals surface area contributed by atoms with Crippen molar-refractivity contribution in [2.45, 2.75) is 13.8 Å². The van der Waals surface area contributed by atoms with Crippen LogP contribution in [0.3, 0.4) is 0 Å². The third-order valence-corrected chi connectivity index (χ3v) is 3.76. The molecule has 1 amide bonds. The van der Waals surface area contributed by atoms with E-state index in [1.807, 2.05) is 32.0 Å². The van der Waals surface area contributed by atoms with Crippen molar-refractivity contribution in [2.75, 3.05) is 11.9 Å². The monoisotopic (exact) mass is 285 g/mol. The lowest BCUT2D eigenvalue weighted by atomic mass is 10.1. The second kappa shape index (κ2) is 6.38. The maximum Gasteiger partial charge on any atom is 0.265 e. The predicted octanol–water partition coefficient (Wildman–Crippen LogP) is 2.96. The van der Waals surface area contributed by atoms with E-state index in [0.717, 1.165) is 21.7 Å². The zero-order chi connectivity index (χ0) is 14.5. The fourth-order valence-electron chi connectivity index (χ4n) is 1.71. The van der Waals surface area contributed by atoms with Crippen molar-refractivity contribution in [3.05, 3.63) is 51.2 Å². The van der Waals surface area contributed by atoms with Gasteiger partial charge < -0.3 is 10.4 Å². The highest BCUT2D eigenvalue weighted by atomic mass is 32.1. The smallest absolute Gasteiger partial charge is 0.265 e. The van der Waals surface area contributed by atoms with Gasteiger partial charge >= 0.3 is 0 Å². The van der Waals surface area contributed by atoms with Gasteiger partial charge in [-0.3, -0.25) is 4.79 Å². The second-order valence-corrected chi connectivity index (χ2v) is 5.48. The van der Waals surface area contributed by atoms with Crippen molar-refractivity contribution < 1.29 is 9.90 Å². The number of aryl methyl sites for hydroxylation is 2. The Morgan fingerprint density at radius 1 is 1.30 bits per heavy atom. The van der Waals surface area contributed by atoms with Crippen molar-refractivity contribution in [1.29, 1.82) is 0 Å². The van der Waals surface area contributed by atoms with Crippen LogP contribution < -0.4 is 5.32 Å². The maximum atomic E-state index is 12.2. The summed E-state index contributed by atoms with van der Waals surface area (Å²) in [7, 11) is 0. The van der Waals surface area contributed by atoms with Gasteiger partial charge in [-0.15, -0.1) is 11.3 Å². The van der Waals surface area contributed by atoms with E-state index in [1.54, 1.807) is 12.1 Å². The van der Waals surface area contributed by atoms with Gasteiger partial charge in [0.25, 0.3) is 5.91 Å². The molecule has 102 valence electrons. The fraction of sp³-hybridized carbons (Fsp3) is 0.188. The van der Waals surface area contributed by atoms with Gasteiger partial charge in [-0.05, 0) is 43.2 Å². The summed E-state index contributed by atoms with van der Waals surface area (Å²) in [5.74, 6) is 5.22. The van der Waals surface area contributed by atoms with Gasteiger partial charge in [-0.2, -0.15) is 0 Å². The molecule has 4 heteroatoms. The number of carbonyl (C=O) groups excluding carboxylic acids is 1. The number of hydrogen-bond donors (Lipinski definition) is 2. The summed E-state index contributed by atoms with van der Waals surface area (Å²) >= 11 is 1.31. The number of rotatable bonds is 2. The molecule has 2 aromatic rings. The molecule has 2 N–H and O–H groups in total. The lowest BCUT2D eigenvalue weighted by Crippen LogP contribution is -2.11. The molecule has 1 heterocycles. The van der Waals surface area contributed by atoms with Gasteiger partial charge in [0.05, 0.1) is 9.75 Å². The van der Waals surface area contributed by atoms with Crippen molar-refractivity contribution in [1.82, 2.24) is 0 Å². The van der Waals surface area contributed by atoms with Crippen LogP contribution in [0, 0.1) is 25.7 Å². The second-order valence-electron chi connectivity index (χ2n) is 4.40. The van der Waals surface area contributed by atoms with Gasteiger partial charge in [0.2, 0.25) is 0 Å². The van der Waals surface area contributed by atoms with Crippen molar-refractivity contribution in [3.63, 3.8) is 0 Å². The van der Waals surface area contributed by atoms with E-state index in [9.17, 15) is 4.79 Å². The van der Waals surface area contributed by atoms with Crippen molar-refractivity contribution in [3.8, 4) is 11.8 Å². The molecule has 0 saturated carbocycles. The van der Waals surface area contributed by atoms with E-state index >= 15 is 0 Å². The number of anilines is 1. The number of amides is 1. The Labute approximate surface area is 122 Å². The van der Waals surface area contributed by atoms with Crippen LogP contribution >= 0.6 is 11.3 Å². The Bertz CT molecular complexity index is 692. The van der Waals surface area contributed by atoms with Crippen LogP contribution in [0.25, 0.3) is 0 Å². The minimum absolute atomic E-state index is 0.138. The zero-order valence-electron chi connectivity index (χ0n) is 11.4. The van der Waals surface area contributed by atoms with Gasteiger partial charge in [0, 0.05) is 5.69 Å². The number of hydrogen-bond acceptors (Lipinski definition) is 3. The van der Waals surface area contributed by atoms with Crippen LogP contribution in [0.15, 0.2) is 30.3 Å². The number of aliphatic hydroxyl groups excluding tert-OH is 1. The molecule has 0 atom stereocenters. The molecule has 20 heavy (non-hydrogen) atoms. The van der Waals surface area contributed by atoms with Crippen LogP contribution in [0.4, 0.5) is 5.69 Å². The van der Waals surface area contributed by atoms with Crippen LogP contribution in [-0.2, 0) is 0 Å². The molecule has 0 unspecified atom stereocenters. The first-order chi connectivity index (χ1) is 9.60. The summed E-state index contributed by atoms with van der Waals surface area (Å²) in [6.45, 7) is 3.77. The Kier molecular flexibility index (Phi) is 4.57. The molecule has 0 aliphatic carbocycles. The Morgan fingerprint density at radius 3 is 2.85 bits per heavy atom. The molecule has 1 aromatic heterocycles. The molecule has 1 aromatic carbocycles. The third-order valence-electron chi connectivity index (χ3n) is 2.76. The van der Waals surface area contributed by atoms with E-state index in [-0.39, 0.29) is 12.5 Å². The largest absolute Gasteiger partial charge is 0.384 e. The highest BCUT2D eigenvalue weighted by molar-refractivity contribution is 7.14. The first kappa shape index (κ1) is 14.3. The molecule has 3 nitrogen and oxygen atoms in total. The lowest BCUT2D eigenvalue weighted by Gasteiger charge is -2.08. The SMILES string of the molecule is Cc1ccc(C)c(NC(=O)c2ccc(C#CCO)s2)c1. The molecule has 0 aliphatic rings. The summed E-state index contributed by atoms with van der Waals surface area (Å²) < 4.78 is 0. The summed E-state index contributed by atoms with van der Waals surface area (Å²) in [5, 5.41) is 11.6. The zero-order valence-corrected chi connectivity index (χ0v) is 12.2. The van der Waals surface area contributed by atoms with Crippen LogP contribution in [-0.4, -0.2) is 17.6 Å². The van der Waals surface area contributed by atoms with Gasteiger partial charge in [-0.1, -0.05) is 24.0 Å². The molecule has 0 radical (unpaired) electrons. The first-order valence-electron chi connectivity index (χ1n) is 6.18. The molecule has 0 spiro atoms. The topological polar surface area (TPSA) is 49.3 Å². The molecule has 2 rings (SSSR count). The van der Waals surface area contributed by atoms with Gasteiger partial charge in [0.15, 0.2) is 0 Å². The summed E-state index contributed by atoms with van der Waals surface area (Å²) in [4.78, 5) is 13.5. The average molecular weight is 285 g/mol. The van der Waals surface area contributed by atoms with Gasteiger partial charge in [0.1, 0.15) is 6.61 Å². The van der Waals surface area contributed by atoms with Crippen LogP contribution in [0.2, 0.25) is 0 Å². The van der Waals surface area contributed by atoms with E-state index in [2.05, 4.69) is 17.2 Å². The number of benzene rings is 1. The Balaban J connectivity index is 2.15. The number of aliphatic hydroxyl groups is 1. The normalized spacial score (nSPS) is 9.75. The molecular weight excluding hydrogens is 270 g/mol. The minimum atomic E-state index is -0.179. The third kappa shape index (κ3) is 3.47. The standard InChI is InChI=1S/C16H15NO2S/c1-11-5-6-12(2)14(10-11)17-16(19)15-8-7-13(20-15)4-3-9-18/h5-8,10,18H,9H2,1-2H3,(H,17,19). The highest BCUT2D eigenvalue weighted by Crippen LogP contribution is 2.20. The number of nitrogens with one attached hydrogen (secondary N) is 1. The Morgan fingerprint density at radius 2 is 2.10 bits per heavy atom. The summed E-state index contributed by atoms with van der Waals surface area (Å²) in [6.07, 6.45) is 0. The quantitative estimate of drug-likeness (QED) is 0.833. The molecule has 0 aliphatic heterocycles. The van der Waals surface area contributed by atoms with E-state index in [0.29, 0.717) is 4.88 Å². The average Bonchev–Trinajstić information content (AvgIpc) is 2.89. The molecule has 0 bridgehead atoms. The molecular formula is C16H15NO2S. The van der Waals surface area contributed by atoms with E-state index in [1.165, 1.54) is 11.3 Å². The van der Waals surface area contributed by atoms with Crippen LogP contribution in [0.5, 0.6) is 0 Å². The summed E-state index contributed by atoms with van der Waals surface area (Å²) in [6, 6.07) is 9.47.